The van der Waals surface area contributed by atoms with Crippen molar-refractivity contribution >= 4 is 51.6 Å². The lowest BCUT2D eigenvalue weighted by Crippen LogP contribution is -2.35. The van der Waals surface area contributed by atoms with Gasteiger partial charge in [0.2, 0.25) is 0 Å². The van der Waals surface area contributed by atoms with Gasteiger partial charge in [-0.05, 0) is 55.0 Å². The summed E-state index contributed by atoms with van der Waals surface area (Å²) in [4.78, 5) is 19.2. The first-order valence-electron chi connectivity index (χ1n) is 7.62. The van der Waals surface area contributed by atoms with Gasteiger partial charge < -0.3 is 4.90 Å². The lowest BCUT2D eigenvalue weighted by atomic mass is 10.1. The Morgan fingerprint density at radius 1 is 1.04 bits per heavy atom. The summed E-state index contributed by atoms with van der Waals surface area (Å²) in [6.45, 7) is 1.02. The molecule has 2 aromatic rings. The van der Waals surface area contributed by atoms with Crippen molar-refractivity contribution in [2.24, 2.45) is 4.99 Å². The first-order valence-corrected chi connectivity index (χ1v) is 9.37. The average molecular weight is 379 g/mol. The summed E-state index contributed by atoms with van der Waals surface area (Å²) in [6.07, 6.45) is 1.06. The van der Waals surface area contributed by atoms with Crippen molar-refractivity contribution in [1.82, 2.24) is 0 Å². The fourth-order valence-corrected chi connectivity index (χ4v) is 3.59. The second-order valence-electron chi connectivity index (χ2n) is 5.36. The van der Waals surface area contributed by atoms with E-state index in [1.54, 1.807) is 36.0 Å². The number of ketones is 1. The van der Waals surface area contributed by atoms with Gasteiger partial charge in [-0.15, -0.1) is 0 Å². The van der Waals surface area contributed by atoms with Gasteiger partial charge in [-0.2, -0.15) is 0 Å². The summed E-state index contributed by atoms with van der Waals surface area (Å²) in [5.74, 6) is 1.04. The molecule has 124 valence electrons. The van der Waals surface area contributed by atoms with E-state index in [4.69, 9.17) is 23.2 Å². The SMILES string of the molecule is O=C(CN(C1=NCCCS1)c1ccc(Cl)cc1)c1ccc(Cl)cc1. The standard InChI is InChI=1S/C18H16Cl2N2OS/c19-14-4-2-13(3-5-14)17(23)12-22(18-21-10-1-11-24-18)16-8-6-15(20)7-9-16/h2-9H,1,10-12H2. The molecule has 1 aliphatic rings. The van der Waals surface area contributed by atoms with Gasteiger partial charge in [0.05, 0.1) is 6.54 Å². The minimum absolute atomic E-state index is 0.0236. The number of aliphatic imine (C=N–C) groups is 1. The van der Waals surface area contributed by atoms with Crippen LogP contribution in [0.15, 0.2) is 53.5 Å². The minimum atomic E-state index is 0.0236. The normalized spacial score (nSPS) is 14.2. The van der Waals surface area contributed by atoms with E-state index in [2.05, 4.69) is 4.99 Å². The van der Waals surface area contributed by atoms with Crippen molar-refractivity contribution in [1.29, 1.82) is 0 Å². The van der Waals surface area contributed by atoms with Crippen LogP contribution in [-0.4, -0.2) is 29.8 Å². The van der Waals surface area contributed by atoms with Crippen molar-refractivity contribution in [3.05, 3.63) is 64.1 Å². The molecule has 3 nitrogen and oxygen atoms in total. The maximum Gasteiger partial charge on any atom is 0.182 e. The number of benzene rings is 2. The van der Waals surface area contributed by atoms with Gasteiger partial charge in [0, 0.05) is 33.6 Å². The molecular formula is C18H16Cl2N2OS. The van der Waals surface area contributed by atoms with E-state index in [9.17, 15) is 4.79 Å². The molecule has 24 heavy (non-hydrogen) atoms. The molecule has 0 fully saturated rings. The molecule has 0 aromatic heterocycles. The van der Waals surface area contributed by atoms with Crippen LogP contribution in [-0.2, 0) is 0 Å². The van der Waals surface area contributed by atoms with Gasteiger partial charge in [-0.1, -0.05) is 35.0 Å². The van der Waals surface area contributed by atoms with Crippen molar-refractivity contribution < 1.29 is 4.79 Å². The van der Waals surface area contributed by atoms with E-state index >= 15 is 0 Å². The number of amidine groups is 1. The van der Waals surface area contributed by atoms with Crippen LogP contribution in [0.1, 0.15) is 16.8 Å². The van der Waals surface area contributed by atoms with Crippen molar-refractivity contribution in [3.8, 4) is 0 Å². The first-order chi connectivity index (χ1) is 11.6. The molecule has 1 heterocycles. The average Bonchev–Trinajstić information content (AvgIpc) is 2.62. The zero-order valence-electron chi connectivity index (χ0n) is 12.9. The molecule has 0 radical (unpaired) electrons. The van der Waals surface area contributed by atoms with Gasteiger partial charge in [0.15, 0.2) is 11.0 Å². The van der Waals surface area contributed by atoms with E-state index in [0.29, 0.717) is 15.6 Å². The first kappa shape index (κ1) is 17.3. The molecule has 2 aromatic carbocycles. The van der Waals surface area contributed by atoms with E-state index in [-0.39, 0.29) is 12.3 Å². The molecule has 0 spiro atoms. The summed E-state index contributed by atoms with van der Waals surface area (Å²) in [5.41, 5.74) is 1.55. The van der Waals surface area contributed by atoms with E-state index in [1.165, 1.54) is 0 Å². The summed E-state index contributed by atoms with van der Waals surface area (Å²) < 4.78 is 0. The van der Waals surface area contributed by atoms with Crippen LogP contribution in [0.3, 0.4) is 0 Å². The van der Waals surface area contributed by atoms with Gasteiger partial charge in [0.25, 0.3) is 0 Å². The second-order valence-corrected chi connectivity index (χ2v) is 7.29. The fourth-order valence-electron chi connectivity index (χ4n) is 2.37. The highest BCUT2D eigenvalue weighted by molar-refractivity contribution is 8.14. The zero-order valence-corrected chi connectivity index (χ0v) is 15.2. The topological polar surface area (TPSA) is 32.7 Å². The molecular weight excluding hydrogens is 363 g/mol. The van der Waals surface area contributed by atoms with E-state index in [1.807, 2.05) is 29.2 Å². The molecule has 0 aliphatic carbocycles. The van der Waals surface area contributed by atoms with Gasteiger partial charge in [0.1, 0.15) is 0 Å². The number of hydrogen-bond acceptors (Lipinski definition) is 4. The second kappa shape index (κ2) is 8.06. The number of thioether (sulfide) groups is 1. The van der Waals surface area contributed by atoms with Crippen LogP contribution >= 0.6 is 35.0 Å². The number of Topliss-reactive ketones (excluding diaryl/α,β-unsaturated/α-hetero) is 1. The predicted octanol–water partition coefficient (Wildman–Crippen LogP) is 5.18. The van der Waals surface area contributed by atoms with Crippen LogP contribution in [0.2, 0.25) is 10.0 Å². The molecule has 1 aliphatic heterocycles. The number of anilines is 1. The van der Waals surface area contributed by atoms with Crippen molar-refractivity contribution in [2.75, 3.05) is 23.7 Å². The Morgan fingerprint density at radius 2 is 1.67 bits per heavy atom. The molecule has 0 N–H and O–H groups in total. The highest BCUT2D eigenvalue weighted by atomic mass is 35.5. The lowest BCUT2D eigenvalue weighted by molar-refractivity contribution is 0.100. The number of rotatable bonds is 4. The Bertz CT molecular complexity index is 745. The highest BCUT2D eigenvalue weighted by Crippen LogP contribution is 2.25. The monoisotopic (exact) mass is 378 g/mol. The Kier molecular flexibility index (Phi) is 5.82. The Morgan fingerprint density at radius 3 is 2.25 bits per heavy atom. The third-order valence-electron chi connectivity index (χ3n) is 3.62. The van der Waals surface area contributed by atoms with Gasteiger partial charge in [-0.25, -0.2) is 0 Å². The molecule has 0 amide bonds. The Labute approximate surface area is 155 Å². The lowest BCUT2D eigenvalue weighted by Gasteiger charge is -2.27. The summed E-state index contributed by atoms with van der Waals surface area (Å²) in [7, 11) is 0. The minimum Gasteiger partial charge on any atom is -0.313 e. The van der Waals surface area contributed by atoms with Crippen LogP contribution in [0.4, 0.5) is 5.69 Å². The van der Waals surface area contributed by atoms with Crippen LogP contribution in [0.5, 0.6) is 0 Å². The molecule has 0 unspecified atom stereocenters. The summed E-state index contributed by atoms with van der Waals surface area (Å²) in [6, 6.07) is 14.4. The third-order valence-corrected chi connectivity index (χ3v) is 5.22. The van der Waals surface area contributed by atoms with Crippen LogP contribution < -0.4 is 4.90 Å². The maximum atomic E-state index is 12.7. The Hall–Kier alpha value is -1.49. The predicted molar refractivity (Wildman–Crippen MR) is 104 cm³/mol. The van der Waals surface area contributed by atoms with Gasteiger partial charge >= 0.3 is 0 Å². The highest BCUT2D eigenvalue weighted by Gasteiger charge is 2.20. The van der Waals surface area contributed by atoms with E-state index in [0.717, 1.165) is 29.6 Å². The third kappa shape index (κ3) is 4.32. The number of hydrogen-bond donors (Lipinski definition) is 0. The van der Waals surface area contributed by atoms with Crippen molar-refractivity contribution in [3.63, 3.8) is 0 Å². The number of nitrogens with zero attached hydrogens (tertiary/aromatic N) is 2. The maximum absolute atomic E-state index is 12.7. The number of carbonyl (C=O) groups is 1. The largest absolute Gasteiger partial charge is 0.313 e. The Balaban J connectivity index is 1.86. The molecule has 0 bridgehead atoms. The smallest absolute Gasteiger partial charge is 0.182 e. The summed E-state index contributed by atoms with van der Waals surface area (Å²) in [5, 5.41) is 2.17. The number of carbonyl (C=O) groups excluding carboxylic acids is 1. The van der Waals surface area contributed by atoms with E-state index < -0.39 is 0 Å². The molecule has 0 saturated carbocycles. The molecule has 3 rings (SSSR count). The van der Waals surface area contributed by atoms with Gasteiger partial charge in [-0.3, -0.25) is 9.79 Å². The summed E-state index contributed by atoms with van der Waals surface area (Å²) >= 11 is 13.6. The molecule has 0 atom stereocenters. The quantitative estimate of drug-likeness (QED) is 0.687. The fraction of sp³-hybridized carbons (Fsp3) is 0.222. The number of halogens is 2. The van der Waals surface area contributed by atoms with Crippen LogP contribution in [0.25, 0.3) is 0 Å². The molecule has 6 heteroatoms. The zero-order chi connectivity index (χ0) is 16.9. The van der Waals surface area contributed by atoms with Crippen molar-refractivity contribution in [2.45, 2.75) is 6.42 Å². The molecule has 0 saturated heterocycles. The van der Waals surface area contributed by atoms with Crippen LogP contribution in [0, 0.1) is 0 Å².